The molecular weight excluding hydrogens is 442 g/mol. The molecule has 0 bridgehead atoms. The monoisotopic (exact) mass is 469 g/mol. The van der Waals surface area contributed by atoms with Crippen LogP contribution in [0.15, 0.2) is 65.6 Å². The Kier molecular flexibility index (Phi) is 9.79. The van der Waals surface area contributed by atoms with E-state index in [1.165, 1.54) is 33.5 Å². The van der Waals surface area contributed by atoms with Crippen LogP contribution in [0.25, 0.3) is 6.08 Å². The maximum Gasteiger partial charge on any atom is 0.331 e. The fraction of sp³-hybridized carbons (Fsp3) is 0.292. The predicted molar refractivity (Wildman–Crippen MR) is 126 cm³/mol. The molecule has 1 amide bonds. The highest BCUT2D eigenvalue weighted by atomic mass is 32.2. The van der Waals surface area contributed by atoms with Crippen LogP contribution in [0, 0.1) is 11.3 Å². The average molecular weight is 470 g/mol. The third-order valence-electron chi connectivity index (χ3n) is 4.79. The highest BCUT2D eigenvalue weighted by molar-refractivity contribution is 7.89. The summed E-state index contributed by atoms with van der Waals surface area (Å²) in [6, 6.07) is 17.0. The number of amides is 1. The zero-order valence-corrected chi connectivity index (χ0v) is 19.5. The van der Waals surface area contributed by atoms with Crippen molar-refractivity contribution < 1.29 is 22.7 Å². The molecule has 2 rings (SSSR count). The summed E-state index contributed by atoms with van der Waals surface area (Å²) in [5.74, 6) is -1.15. The number of nitriles is 1. The number of nitrogens with zero attached hydrogens (tertiary/aromatic N) is 3. The Hall–Kier alpha value is -3.48. The van der Waals surface area contributed by atoms with E-state index in [-0.39, 0.29) is 17.9 Å². The minimum Gasteiger partial charge on any atom is -0.452 e. The van der Waals surface area contributed by atoms with Crippen molar-refractivity contribution in [2.75, 3.05) is 31.1 Å². The molecule has 0 aliphatic heterocycles. The summed E-state index contributed by atoms with van der Waals surface area (Å²) < 4.78 is 31.5. The lowest BCUT2D eigenvalue weighted by atomic mass is 10.2. The van der Waals surface area contributed by atoms with Crippen LogP contribution < -0.4 is 4.90 Å². The van der Waals surface area contributed by atoms with E-state index < -0.39 is 28.5 Å². The maximum atomic E-state index is 12.5. The molecule has 0 heterocycles. The third kappa shape index (κ3) is 7.27. The summed E-state index contributed by atoms with van der Waals surface area (Å²) in [7, 11) is -3.55. The van der Waals surface area contributed by atoms with Crippen molar-refractivity contribution in [3.63, 3.8) is 0 Å². The minimum absolute atomic E-state index is 0.147. The number of hydrogen-bond donors (Lipinski definition) is 0. The normalized spacial score (nSPS) is 11.3. The number of carbonyl (C=O) groups excluding carboxylic acids is 2. The number of rotatable bonds is 11. The van der Waals surface area contributed by atoms with E-state index >= 15 is 0 Å². The summed E-state index contributed by atoms with van der Waals surface area (Å²) in [5.41, 5.74) is 1.22. The van der Waals surface area contributed by atoms with E-state index in [1.54, 1.807) is 50.2 Å². The molecule has 0 aliphatic rings. The summed E-state index contributed by atoms with van der Waals surface area (Å²) >= 11 is 0. The van der Waals surface area contributed by atoms with Gasteiger partial charge in [0.05, 0.1) is 17.4 Å². The van der Waals surface area contributed by atoms with Gasteiger partial charge in [0, 0.05) is 31.4 Å². The molecule has 0 aromatic heterocycles. The summed E-state index contributed by atoms with van der Waals surface area (Å²) in [4.78, 5) is 26.1. The molecule has 0 fully saturated rings. The van der Waals surface area contributed by atoms with E-state index in [0.29, 0.717) is 24.3 Å². The molecule has 0 N–H and O–H groups in total. The molecule has 0 aliphatic carbocycles. The Labute approximate surface area is 194 Å². The molecule has 33 heavy (non-hydrogen) atoms. The van der Waals surface area contributed by atoms with Crippen molar-refractivity contribution in [2.24, 2.45) is 0 Å². The first-order chi connectivity index (χ1) is 15.8. The number of sulfonamides is 1. The van der Waals surface area contributed by atoms with Crippen LogP contribution in [0.1, 0.15) is 25.8 Å². The smallest absolute Gasteiger partial charge is 0.331 e. The van der Waals surface area contributed by atoms with Gasteiger partial charge in [-0.3, -0.25) is 4.79 Å². The lowest BCUT2D eigenvalue weighted by molar-refractivity contribution is -0.142. The fourth-order valence-electron chi connectivity index (χ4n) is 3.05. The Bertz CT molecular complexity index is 1100. The predicted octanol–water partition coefficient (Wildman–Crippen LogP) is 3.22. The number of carbonyl (C=O) groups is 2. The van der Waals surface area contributed by atoms with Crippen molar-refractivity contribution in [3.05, 3.63) is 66.2 Å². The van der Waals surface area contributed by atoms with Gasteiger partial charge in [0.1, 0.15) is 0 Å². The Balaban J connectivity index is 1.98. The van der Waals surface area contributed by atoms with Gasteiger partial charge in [-0.2, -0.15) is 9.57 Å². The second-order valence-corrected chi connectivity index (χ2v) is 8.83. The number of para-hydroxylation sites is 1. The minimum atomic E-state index is -3.55. The molecular formula is C24H27N3O5S. The van der Waals surface area contributed by atoms with Gasteiger partial charge in [0.25, 0.3) is 5.91 Å². The first-order valence-electron chi connectivity index (χ1n) is 10.5. The van der Waals surface area contributed by atoms with Crippen LogP contribution in [-0.2, 0) is 24.3 Å². The highest BCUT2D eigenvalue weighted by Gasteiger charge is 2.21. The lowest BCUT2D eigenvalue weighted by Gasteiger charge is -2.21. The van der Waals surface area contributed by atoms with Gasteiger partial charge in [0.15, 0.2) is 6.61 Å². The molecule has 2 aromatic rings. The quantitative estimate of drug-likeness (QED) is 0.369. The fourth-order valence-corrected chi connectivity index (χ4v) is 4.51. The van der Waals surface area contributed by atoms with Crippen molar-refractivity contribution >= 4 is 33.7 Å². The van der Waals surface area contributed by atoms with Crippen LogP contribution in [0.4, 0.5) is 5.69 Å². The molecule has 8 nitrogen and oxygen atoms in total. The standard InChI is InChI=1S/C24H27N3O5S/c1-3-26(4-2)33(30,31)22-14-11-20(12-15-22)13-16-24(29)32-19-23(28)27(18-8-17-25)21-9-6-5-7-10-21/h5-7,9-16H,3-4,8,18-19H2,1-2H3. The van der Waals surface area contributed by atoms with Crippen LogP contribution in [-0.4, -0.2) is 50.8 Å². The summed E-state index contributed by atoms with van der Waals surface area (Å²) in [6.07, 6.45) is 2.79. The van der Waals surface area contributed by atoms with Crippen LogP contribution >= 0.6 is 0 Å². The maximum absolute atomic E-state index is 12.5. The zero-order valence-electron chi connectivity index (χ0n) is 18.7. The van der Waals surface area contributed by atoms with Gasteiger partial charge in [-0.05, 0) is 35.9 Å². The van der Waals surface area contributed by atoms with Gasteiger partial charge in [-0.1, -0.05) is 44.2 Å². The molecule has 0 unspecified atom stereocenters. The van der Waals surface area contributed by atoms with E-state index in [1.807, 2.05) is 12.1 Å². The molecule has 0 spiro atoms. The first-order valence-corrected chi connectivity index (χ1v) is 11.9. The van der Waals surface area contributed by atoms with E-state index in [4.69, 9.17) is 10.00 Å². The van der Waals surface area contributed by atoms with E-state index in [0.717, 1.165) is 0 Å². The van der Waals surface area contributed by atoms with Gasteiger partial charge >= 0.3 is 5.97 Å². The molecule has 0 atom stereocenters. The Morgan fingerprint density at radius 2 is 1.67 bits per heavy atom. The Morgan fingerprint density at radius 1 is 1.03 bits per heavy atom. The van der Waals surface area contributed by atoms with E-state index in [9.17, 15) is 18.0 Å². The van der Waals surface area contributed by atoms with Crippen LogP contribution in [0.3, 0.4) is 0 Å². The number of ether oxygens (including phenoxy) is 1. The Morgan fingerprint density at radius 3 is 2.24 bits per heavy atom. The van der Waals surface area contributed by atoms with Crippen LogP contribution in [0.2, 0.25) is 0 Å². The molecule has 0 radical (unpaired) electrons. The van der Waals surface area contributed by atoms with Gasteiger partial charge in [-0.15, -0.1) is 0 Å². The molecule has 2 aromatic carbocycles. The van der Waals surface area contributed by atoms with Crippen molar-refractivity contribution in [3.8, 4) is 6.07 Å². The summed E-state index contributed by atoms with van der Waals surface area (Å²) in [5, 5.41) is 8.84. The lowest BCUT2D eigenvalue weighted by Crippen LogP contribution is -2.35. The molecule has 0 saturated heterocycles. The largest absolute Gasteiger partial charge is 0.452 e. The molecule has 0 saturated carbocycles. The van der Waals surface area contributed by atoms with Gasteiger partial charge in [-0.25, -0.2) is 13.2 Å². The number of hydrogen-bond acceptors (Lipinski definition) is 6. The zero-order chi connectivity index (χ0) is 24.3. The average Bonchev–Trinajstić information content (AvgIpc) is 2.83. The number of esters is 1. The SMILES string of the molecule is CCN(CC)S(=O)(=O)c1ccc(C=CC(=O)OCC(=O)N(CCC#N)c2ccccc2)cc1. The number of anilines is 1. The van der Waals surface area contributed by atoms with Gasteiger partial charge in [0.2, 0.25) is 10.0 Å². The van der Waals surface area contributed by atoms with Gasteiger partial charge < -0.3 is 9.64 Å². The van der Waals surface area contributed by atoms with Crippen molar-refractivity contribution in [2.45, 2.75) is 25.2 Å². The molecule has 9 heteroatoms. The summed E-state index contributed by atoms with van der Waals surface area (Å²) in [6.45, 7) is 4.03. The number of benzene rings is 2. The topological polar surface area (TPSA) is 108 Å². The van der Waals surface area contributed by atoms with E-state index in [2.05, 4.69) is 0 Å². The van der Waals surface area contributed by atoms with Crippen molar-refractivity contribution in [1.29, 1.82) is 5.26 Å². The highest BCUT2D eigenvalue weighted by Crippen LogP contribution is 2.17. The van der Waals surface area contributed by atoms with Crippen LogP contribution in [0.5, 0.6) is 0 Å². The second-order valence-electron chi connectivity index (χ2n) is 6.89. The van der Waals surface area contributed by atoms with Crippen molar-refractivity contribution in [1.82, 2.24) is 4.31 Å². The first kappa shape index (κ1) is 25.8. The molecule has 174 valence electrons. The second kappa shape index (κ2) is 12.5. The third-order valence-corrected chi connectivity index (χ3v) is 6.85.